The number of allylic oxidation sites excluding steroid dienone is 1. The molecule has 0 spiro atoms. The van der Waals surface area contributed by atoms with Gasteiger partial charge in [-0.2, -0.15) is 4.99 Å². The van der Waals surface area contributed by atoms with Crippen LogP contribution in [-0.2, 0) is 6.54 Å². The first-order valence-electron chi connectivity index (χ1n) is 9.22. The fraction of sp³-hybridized carbons (Fsp3) is 0.190. The van der Waals surface area contributed by atoms with E-state index in [0.717, 1.165) is 15.9 Å². The van der Waals surface area contributed by atoms with E-state index >= 15 is 0 Å². The Morgan fingerprint density at radius 1 is 1.31 bits per heavy atom. The molecule has 0 fully saturated rings. The number of thiazole rings is 1. The Hall–Kier alpha value is -3.39. The van der Waals surface area contributed by atoms with Gasteiger partial charge in [-0.1, -0.05) is 23.5 Å². The van der Waals surface area contributed by atoms with Crippen molar-refractivity contribution in [3.8, 4) is 11.5 Å². The number of ether oxygens (including phenoxy) is 2. The van der Waals surface area contributed by atoms with Gasteiger partial charge in [0.1, 0.15) is 24.6 Å². The highest BCUT2D eigenvalue weighted by atomic mass is 32.1. The third-order valence-corrected chi connectivity index (χ3v) is 5.80. The van der Waals surface area contributed by atoms with Crippen LogP contribution in [0.3, 0.4) is 0 Å². The van der Waals surface area contributed by atoms with Gasteiger partial charge in [0.2, 0.25) is 0 Å². The summed E-state index contributed by atoms with van der Waals surface area (Å²) in [5, 5.41) is 0. The number of carbonyl (C=O) groups excluding carboxylic acids is 1. The van der Waals surface area contributed by atoms with Gasteiger partial charge >= 0.3 is 0 Å². The summed E-state index contributed by atoms with van der Waals surface area (Å²) in [5.41, 5.74) is 2.77. The second kappa shape index (κ2) is 6.89. The molecule has 4 heterocycles. The molecule has 1 aliphatic rings. The maximum absolute atomic E-state index is 13.1. The first-order valence-corrected chi connectivity index (χ1v) is 10.0. The van der Waals surface area contributed by atoms with Crippen LogP contribution in [-0.4, -0.2) is 33.1 Å². The number of carbonyl (C=O) groups is 1. The first-order chi connectivity index (χ1) is 14.2. The summed E-state index contributed by atoms with van der Waals surface area (Å²) in [6.07, 6.45) is 3.61. The SMILES string of the molecule is C=CCn1c(=NC(=O)c2c(C)nc3ccccn23)sc2cc3c(cc21)OCCO3. The van der Waals surface area contributed by atoms with E-state index in [1.807, 2.05) is 48.0 Å². The van der Waals surface area contributed by atoms with Crippen molar-refractivity contribution in [2.75, 3.05) is 13.2 Å². The zero-order valence-corrected chi connectivity index (χ0v) is 16.6. The number of hydrogen-bond acceptors (Lipinski definition) is 5. The largest absolute Gasteiger partial charge is 0.486 e. The quantitative estimate of drug-likeness (QED) is 0.489. The summed E-state index contributed by atoms with van der Waals surface area (Å²) in [6.45, 7) is 7.24. The van der Waals surface area contributed by atoms with E-state index in [2.05, 4.69) is 16.6 Å². The molecule has 7 nitrogen and oxygen atoms in total. The van der Waals surface area contributed by atoms with Crippen LogP contribution in [0.25, 0.3) is 15.9 Å². The van der Waals surface area contributed by atoms with Gasteiger partial charge in [-0.25, -0.2) is 4.98 Å². The van der Waals surface area contributed by atoms with Gasteiger partial charge in [-0.05, 0) is 19.1 Å². The van der Waals surface area contributed by atoms with E-state index in [4.69, 9.17) is 9.47 Å². The second-order valence-electron chi connectivity index (χ2n) is 6.64. The Bertz CT molecular complexity index is 1350. The number of aryl methyl sites for hydroxylation is 1. The average Bonchev–Trinajstić information content (AvgIpc) is 3.22. The molecule has 0 saturated heterocycles. The lowest BCUT2D eigenvalue weighted by Crippen LogP contribution is -2.18. The Kier molecular flexibility index (Phi) is 4.21. The van der Waals surface area contributed by atoms with Gasteiger partial charge in [-0.3, -0.25) is 9.20 Å². The molecular formula is C21H18N4O3S. The predicted molar refractivity (Wildman–Crippen MR) is 111 cm³/mol. The molecule has 8 heteroatoms. The highest BCUT2D eigenvalue weighted by Gasteiger charge is 2.19. The number of imidazole rings is 1. The molecule has 146 valence electrons. The monoisotopic (exact) mass is 406 g/mol. The standard InChI is InChI=1S/C21H18N4O3S/c1-3-7-24-14-11-15-16(28-10-9-27-15)12-17(14)29-21(24)23-20(26)19-13(2)22-18-6-4-5-8-25(18)19/h3-6,8,11-12H,1,7,9-10H2,2H3. The van der Waals surface area contributed by atoms with Gasteiger partial charge < -0.3 is 14.0 Å². The van der Waals surface area contributed by atoms with Crippen molar-refractivity contribution < 1.29 is 14.3 Å². The average molecular weight is 406 g/mol. The molecule has 5 rings (SSSR count). The molecular weight excluding hydrogens is 388 g/mol. The van der Waals surface area contributed by atoms with Crippen molar-refractivity contribution in [2.45, 2.75) is 13.5 Å². The number of amides is 1. The molecule has 0 aliphatic carbocycles. The molecule has 3 aromatic heterocycles. The van der Waals surface area contributed by atoms with Crippen LogP contribution in [0.5, 0.6) is 11.5 Å². The van der Waals surface area contributed by atoms with E-state index in [-0.39, 0.29) is 5.91 Å². The van der Waals surface area contributed by atoms with Crippen LogP contribution in [0, 0.1) is 6.92 Å². The minimum absolute atomic E-state index is 0.331. The van der Waals surface area contributed by atoms with E-state index in [1.54, 1.807) is 10.5 Å². The van der Waals surface area contributed by atoms with Crippen LogP contribution < -0.4 is 14.3 Å². The van der Waals surface area contributed by atoms with E-state index in [0.29, 0.717) is 47.4 Å². The van der Waals surface area contributed by atoms with Crippen LogP contribution >= 0.6 is 11.3 Å². The van der Waals surface area contributed by atoms with Crippen molar-refractivity contribution in [3.63, 3.8) is 0 Å². The molecule has 1 aromatic carbocycles. The van der Waals surface area contributed by atoms with Gasteiger partial charge in [0.15, 0.2) is 16.3 Å². The highest BCUT2D eigenvalue weighted by Crippen LogP contribution is 2.35. The lowest BCUT2D eigenvalue weighted by Gasteiger charge is -2.18. The number of aromatic nitrogens is 3. The van der Waals surface area contributed by atoms with Crippen LogP contribution in [0.1, 0.15) is 16.2 Å². The molecule has 0 saturated carbocycles. The van der Waals surface area contributed by atoms with Gasteiger partial charge in [0, 0.05) is 24.9 Å². The first kappa shape index (κ1) is 17.7. The second-order valence-corrected chi connectivity index (χ2v) is 7.65. The number of nitrogens with zero attached hydrogens (tertiary/aromatic N) is 4. The summed E-state index contributed by atoms with van der Waals surface area (Å²) < 4.78 is 16.1. The number of hydrogen-bond donors (Lipinski definition) is 0. The minimum atomic E-state index is -0.331. The van der Waals surface area contributed by atoms with E-state index in [9.17, 15) is 4.79 Å². The molecule has 0 radical (unpaired) electrons. The summed E-state index contributed by atoms with van der Waals surface area (Å²) in [4.78, 5) is 22.6. The van der Waals surface area contributed by atoms with Crippen molar-refractivity contribution in [1.82, 2.24) is 14.0 Å². The highest BCUT2D eigenvalue weighted by molar-refractivity contribution is 7.16. The Labute approximate surface area is 170 Å². The Morgan fingerprint density at radius 3 is 2.90 bits per heavy atom. The summed E-state index contributed by atoms with van der Waals surface area (Å²) in [5.74, 6) is 1.09. The zero-order chi connectivity index (χ0) is 20.0. The number of fused-ring (bicyclic) bond motifs is 3. The smallest absolute Gasteiger partial charge is 0.298 e. The van der Waals surface area contributed by atoms with Crippen LogP contribution in [0.15, 0.2) is 54.2 Å². The molecule has 29 heavy (non-hydrogen) atoms. The maximum Gasteiger partial charge on any atom is 0.298 e. The summed E-state index contributed by atoms with van der Waals surface area (Å²) >= 11 is 1.44. The summed E-state index contributed by atoms with van der Waals surface area (Å²) in [6, 6.07) is 9.51. The third-order valence-electron chi connectivity index (χ3n) is 4.76. The summed E-state index contributed by atoms with van der Waals surface area (Å²) in [7, 11) is 0. The minimum Gasteiger partial charge on any atom is -0.486 e. The number of rotatable bonds is 3. The fourth-order valence-corrected chi connectivity index (χ4v) is 4.56. The Morgan fingerprint density at radius 2 is 2.10 bits per heavy atom. The number of benzene rings is 1. The van der Waals surface area contributed by atoms with Crippen molar-refractivity contribution in [2.24, 2.45) is 4.99 Å². The molecule has 0 N–H and O–H groups in total. The Balaban J connectivity index is 1.69. The van der Waals surface area contributed by atoms with E-state index < -0.39 is 0 Å². The van der Waals surface area contributed by atoms with Crippen molar-refractivity contribution in [1.29, 1.82) is 0 Å². The van der Waals surface area contributed by atoms with Gasteiger partial charge in [0.25, 0.3) is 5.91 Å². The fourth-order valence-electron chi connectivity index (χ4n) is 3.51. The lowest BCUT2D eigenvalue weighted by atomic mass is 10.2. The third kappa shape index (κ3) is 2.92. The van der Waals surface area contributed by atoms with E-state index in [1.165, 1.54) is 11.3 Å². The van der Waals surface area contributed by atoms with Crippen molar-refractivity contribution in [3.05, 3.63) is 65.4 Å². The topological polar surface area (TPSA) is 70.1 Å². The van der Waals surface area contributed by atoms with Gasteiger partial charge in [-0.15, -0.1) is 6.58 Å². The van der Waals surface area contributed by atoms with Crippen molar-refractivity contribution >= 4 is 33.1 Å². The molecule has 0 unspecified atom stereocenters. The lowest BCUT2D eigenvalue weighted by molar-refractivity contribution is 0.0991. The molecule has 1 aliphatic heterocycles. The van der Waals surface area contributed by atoms with Crippen LogP contribution in [0.2, 0.25) is 0 Å². The molecule has 0 bridgehead atoms. The molecule has 0 atom stereocenters. The number of pyridine rings is 1. The van der Waals surface area contributed by atoms with Crippen LogP contribution in [0.4, 0.5) is 0 Å². The zero-order valence-electron chi connectivity index (χ0n) is 15.8. The normalized spacial score (nSPS) is 13.9. The maximum atomic E-state index is 13.1. The molecule has 1 amide bonds. The molecule has 4 aromatic rings. The predicted octanol–water partition coefficient (Wildman–Crippen LogP) is 3.36. The van der Waals surface area contributed by atoms with Gasteiger partial charge in [0.05, 0.1) is 15.9 Å².